The van der Waals surface area contributed by atoms with Gasteiger partial charge in [-0.1, -0.05) is 48.5 Å². The SMILES string of the molecule is O=C(ON1C(=O)CCC1=O)c1cccc2c(Nc3ccccc3)c3ccccc3nc12. The first kappa shape index (κ1) is 18.7. The average Bonchev–Trinajstić information content (AvgIpc) is 3.11. The molecule has 0 atom stereocenters. The number of pyridine rings is 1. The molecule has 2 heterocycles. The second-order valence-electron chi connectivity index (χ2n) is 7.16. The fraction of sp³-hybridized carbons (Fsp3) is 0.0833. The van der Waals surface area contributed by atoms with Gasteiger partial charge in [-0.3, -0.25) is 9.59 Å². The molecule has 3 aromatic carbocycles. The van der Waals surface area contributed by atoms with Crippen LogP contribution in [0.4, 0.5) is 11.4 Å². The van der Waals surface area contributed by atoms with Crippen molar-refractivity contribution in [3.05, 3.63) is 78.4 Å². The summed E-state index contributed by atoms with van der Waals surface area (Å²) < 4.78 is 0. The summed E-state index contributed by atoms with van der Waals surface area (Å²) in [6, 6.07) is 22.5. The minimum absolute atomic E-state index is 0.0374. The first-order valence-corrected chi connectivity index (χ1v) is 9.83. The predicted molar refractivity (Wildman–Crippen MR) is 115 cm³/mol. The normalized spacial score (nSPS) is 13.7. The molecule has 5 rings (SSSR count). The summed E-state index contributed by atoms with van der Waals surface area (Å²) in [6.07, 6.45) is 0.0748. The van der Waals surface area contributed by atoms with E-state index in [1.165, 1.54) is 0 Å². The number of carbonyl (C=O) groups is 3. The number of rotatable bonds is 4. The number of benzene rings is 3. The molecule has 7 heteroatoms. The number of nitrogens with zero attached hydrogens (tertiary/aromatic N) is 2. The molecule has 0 unspecified atom stereocenters. The van der Waals surface area contributed by atoms with Crippen LogP contribution in [-0.2, 0) is 14.4 Å². The summed E-state index contributed by atoms with van der Waals surface area (Å²) in [4.78, 5) is 46.4. The summed E-state index contributed by atoms with van der Waals surface area (Å²) in [6.45, 7) is 0. The molecular formula is C24H17N3O4. The number of anilines is 2. The van der Waals surface area contributed by atoms with Crippen LogP contribution in [0.2, 0.25) is 0 Å². The molecule has 4 aromatic rings. The highest BCUT2D eigenvalue weighted by molar-refractivity contribution is 6.14. The van der Waals surface area contributed by atoms with Crippen molar-refractivity contribution in [3.63, 3.8) is 0 Å². The van der Waals surface area contributed by atoms with E-state index in [4.69, 9.17) is 4.84 Å². The van der Waals surface area contributed by atoms with E-state index in [1.54, 1.807) is 12.1 Å². The van der Waals surface area contributed by atoms with E-state index >= 15 is 0 Å². The first-order valence-electron chi connectivity index (χ1n) is 9.83. The molecule has 1 fully saturated rings. The molecule has 1 aliphatic heterocycles. The summed E-state index contributed by atoms with van der Waals surface area (Å²) >= 11 is 0. The molecule has 152 valence electrons. The van der Waals surface area contributed by atoms with E-state index < -0.39 is 17.8 Å². The number of hydrogen-bond donors (Lipinski definition) is 1. The van der Waals surface area contributed by atoms with Crippen LogP contribution in [0, 0.1) is 0 Å². The van der Waals surface area contributed by atoms with Gasteiger partial charge in [0.2, 0.25) is 0 Å². The summed E-state index contributed by atoms with van der Waals surface area (Å²) in [5.41, 5.74) is 2.98. The second-order valence-corrected chi connectivity index (χ2v) is 7.16. The average molecular weight is 411 g/mol. The van der Waals surface area contributed by atoms with E-state index in [0.717, 1.165) is 22.1 Å². The van der Waals surface area contributed by atoms with Gasteiger partial charge in [-0.05, 0) is 24.3 Å². The monoisotopic (exact) mass is 411 g/mol. The maximum Gasteiger partial charge on any atom is 0.366 e. The second kappa shape index (κ2) is 7.53. The van der Waals surface area contributed by atoms with E-state index in [2.05, 4.69) is 10.3 Å². The highest BCUT2D eigenvalue weighted by Crippen LogP contribution is 2.34. The third-order valence-corrected chi connectivity index (χ3v) is 5.15. The topological polar surface area (TPSA) is 88.6 Å². The lowest BCUT2D eigenvalue weighted by Crippen LogP contribution is -2.32. The Kier molecular flexibility index (Phi) is 4.55. The number of imide groups is 1. The van der Waals surface area contributed by atoms with Crippen LogP contribution in [0.25, 0.3) is 21.8 Å². The molecule has 0 bridgehead atoms. The summed E-state index contributed by atoms with van der Waals surface area (Å²) in [5.74, 6) is -1.85. The molecule has 1 N–H and O–H groups in total. The molecule has 2 amide bonds. The maximum atomic E-state index is 12.9. The Bertz CT molecular complexity index is 1340. The van der Waals surface area contributed by atoms with Gasteiger partial charge in [0.1, 0.15) is 0 Å². The Hall–Kier alpha value is -4.26. The molecule has 0 spiro atoms. The quantitative estimate of drug-likeness (QED) is 0.397. The van der Waals surface area contributed by atoms with Gasteiger partial charge in [-0.2, -0.15) is 0 Å². The molecule has 0 radical (unpaired) electrons. The molecular weight excluding hydrogens is 394 g/mol. The van der Waals surface area contributed by atoms with Gasteiger partial charge in [0.15, 0.2) is 0 Å². The molecule has 31 heavy (non-hydrogen) atoms. The Labute approximate surface area is 177 Å². The van der Waals surface area contributed by atoms with Gasteiger partial charge in [0.25, 0.3) is 11.8 Å². The third kappa shape index (κ3) is 3.36. The van der Waals surface area contributed by atoms with Crippen LogP contribution >= 0.6 is 0 Å². The largest absolute Gasteiger partial charge is 0.366 e. The maximum absolute atomic E-state index is 12.9. The molecule has 1 aromatic heterocycles. The van der Waals surface area contributed by atoms with Crippen LogP contribution in [-0.4, -0.2) is 27.8 Å². The number of amides is 2. The van der Waals surface area contributed by atoms with Crippen molar-refractivity contribution in [2.75, 3.05) is 5.32 Å². The summed E-state index contributed by atoms with van der Waals surface area (Å²) in [5, 5.41) is 5.60. The number of hydrogen-bond acceptors (Lipinski definition) is 6. The highest BCUT2D eigenvalue weighted by atomic mass is 16.7. The number of carbonyl (C=O) groups excluding carboxylic acids is 3. The standard InChI is InChI=1S/C24H17N3O4/c28-20-13-14-21(29)27(20)31-24(30)18-11-6-10-17-22(25-15-7-2-1-3-8-15)16-9-4-5-12-19(16)26-23(17)18/h1-12H,13-14H2,(H,25,26). The Balaban J connectivity index is 1.65. The van der Waals surface area contributed by atoms with Crippen molar-refractivity contribution in [3.8, 4) is 0 Å². The lowest BCUT2D eigenvalue weighted by molar-refractivity contribution is -0.172. The minimum Gasteiger partial charge on any atom is -0.354 e. The van der Waals surface area contributed by atoms with Crippen LogP contribution in [0.1, 0.15) is 23.2 Å². The van der Waals surface area contributed by atoms with Gasteiger partial charge >= 0.3 is 5.97 Å². The van der Waals surface area contributed by atoms with E-state index in [9.17, 15) is 14.4 Å². The van der Waals surface area contributed by atoms with Crippen molar-refractivity contribution >= 4 is 51.0 Å². The summed E-state index contributed by atoms with van der Waals surface area (Å²) in [7, 11) is 0. The van der Waals surface area contributed by atoms with Crippen LogP contribution in [0.15, 0.2) is 72.8 Å². The third-order valence-electron chi connectivity index (χ3n) is 5.15. The number of nitrogens with one attached hydrogen (secondary N) is 1. The zero-order chi connectivity index (χ0) is 21.4. The van der Waals surface area contributed by atoms with Crippen molar-refractivity contribution in [2.24, 2.45) is 0 Å². The minimum atomic E-state index is -0.803. The lowest BCUT2D eigenvalue weighted by Gasteiger charge is -2.16. The molecule has 1 saturated heterocycles. The van der Waals surface area contributed by atoms with Gasteiger partial charge in [0.05, 0.1) is 22.3 Å². The number of para-hydroxylation sites is 3. The van der Waals surface area contributed by atoms with Gasteiger partial charge in [-0.15, -0.1) is 5.06 Å². The zero-order valence-corrected chi connectivity index (χ0v) is 16.4. The van der Waals surface area contributed by atoms with Crippen LogP contribution in [0.5, 0.6) is 0 Å². The van der Waals surface area contributed by atoms with Crippen molar-refractivity contribution in [1.82, 2.24) is 10.0 Å². The van der Waals surface area contributed by atoms with Gasteiger partial charge < -0.3 is 10.2 Å². The molecule has 1 aliphatic rings. The Morgan fingerprint density at radius 1 is 0.839 bits per heavy atom. The van der Waals surface area contributed by atoms with Crippen molar-refractivity contribution in [2.45, 2.75) is 12.8 Å². The molecule has 0 saturated carbocycles. The zero-order valence-electron chi connectivity index (χ0n) is 16.4. The lowest BCUT2D eigenvalue weighted by atomic mass is 10.0. The Morgan fingerprint density at radius 2 is 1.52 bits per heavy atom. The highest BCUT2D eigenvalue weighted by Gasteiger charge is 2.33. The van der Waals surface area contributed by atoms with Crippen LogP contribution < -0.4 is 5.32 Å². The van der Waals surface area contributed by atoms with Crippen LogP contribution in [0.3, 0.4) is 0 Å². The van der Waals surface area contributed by atoms with Crippen molar-refractivity contribution < 1.29 is 19.2 Å². The Morgan fingerprint density at radius 3 is 2.29 bits per heavy atom. The fourth-order valence-electron chi connectivity index (χ4n) is 3.67. The van der Waals surface area contributed by atoms with E-state index in [1.807, 2.05) is 60.7 Å². The smallest absolute Gasteiger partial charge is 0.354 e. The van der Waals surface area contributed by atoms with E-state index in [-0.39, 0.29) is 18.4 Å². The van der Waals surface area contributed by atoms with E-state index in [0.29, 0.717) is 16.1 Å². The van der Waals surface area contributed by atoms with Crippen molar-refractivity contribution in [1.29, 1.82) is 0 Å². The fourth-order valence-corrected chi connectivity index (χ4v) is 3.67. The molecule has 0 aliphatic carbocycles. The number of hydroxylamine groups is 2. The van der Waals surface area contributed by atoms with Gasteiger partial charge in [-0.25, -0.2) is 9.78 Å². The number of fused-ring (bicyclic) bond motifs is 2. The predicted octanol–water partition coefficient (Wildman–Crippen LogP) is 4.35. The van der Waals surface area contributed by atoms with Gasteiger partial charge in [0, 0.05) is 29.3 Å². The number of aromatic nitrogens is 1. The first-order chi connectivity index (χ1) is 15.1. The molecule has 7 nitrogen and oxygen atoms in total.